The van der Waals surface area contributed by atoms with Gasteiger partial charge in [-0.05, 0) is 18.2 Å². The molecular formula is C15H17N3O3. The Morgan fingerprint density at radius 2 is 1.81 bits per heavy atom. The van der Waals surface area contributed by atoms with E-state index in [0.717, 1.165) is 5.56 Å². The highest BCUT2D eigenvalue weighted by Crippen LogP contribution is 2.37. The fourth-order valence-corrected chi connectivity index (χ4v) is 1.91. The van der Waals surface area contributed by atoms with Crippen molar-refractivity contribution in [1.82, 2.24) is 4.98 Å². The van der Waals surface area contributed by atoms with Gasteiger partial charge < -0.3 is 19.9 Å². The third-order valence-corrected chi connectivity index (χ3v) is 2.90. The molecular weight excluding hydrogens is 270 g/mol. The summed E-state index contributed by atoms with van der Waals surface area (Å²) in [6.07, 6.45) is 1.59. The van der Waals surface area contributed by atoms with Crippen LogP contribution in [0.5, 0.6) is 17.2 Å². The fourth-order valence-electron chi connectivity index (χ4n) is 1.91. The van der Waals surface area contributed by atoms with E-state index < -0.39 is 0 Å². The van der Waals surface area contributed by atoms with E-state index in [4.69, 9.17) is 25.4 Å². The van der Waals surface area contributed by atoms with E-state index in [-0.39, 0.29) is 12.4 Å². The number of nitrogen functional groups attached to an aromatic ring is 1. The fraction of sp³-hybridized carbons (Fsp3) is 0.200. The minimum absolute atomic E-state index is 0.0961. The van der Waals surface area contributed by atoms with Crippen LogP contribution in [0, 0.1) is 5.41 Å². The number of ether oxygens (including phenoxy) is 3. The lowest BCUT2D eigenvalue weighted by Crippen LogP contribution is -2.16. The zero-order valence-corrected chi connectivity index (χ0v) is 11.9. The van der Waals surface area contributed by atoms with Gasteiger partial charge in [-0.15, -0.1) is 0 Å². The largest absolute Gasteiger partial charge is 0.493 e. The van der Waals surface area contributed by atoms with Crippen molar-refractivity contribution in [2.45, 2.75) is 6.61 Å². The summed E-state index contributed by atoms with van der Waals surface area (Å²) in [5.74, 6) is 1.55. The standard InChI is InChI=1S/C15H17N3O3/c1-19-11-6-3-7-12(20-2)14(11)21-9-10-5-4-8-18-13(10)15(16)17/h3-8H,9H2,1-2H3,(H3,16,17). The number of hydrogen-bond acceptors (Lipinski definition) is 5. The van der Waals surface area contributed by atoms with Gasteiger partial charge in [0.25, 0.3) is 0 Å². The number of methoxy groups -OCH3 is 2. The third kappa shape index (κ3) is 3.22. The number of benzene rings is 1. The van der Waals surface area contributed by atoms with Gasteiger partial charge >= 0.3 is 0 Å². The summed E-state index contributed by atoms with van der Waals surface area (Å²) < 4.78 is 16.3. The first-order valence-electron chi connectivity index (χ1n) is 6.29. The topological polar surface area (TPSA) is 90.5 Å². The van der Waals surface area contributed by atoms with Crippen molar-refractivity contribution in [2.24, 2.45) is 5.73 Å². The second kappa shape index (κ2) is 6.60. The molecule has 0 aliphatic heterocycles. The summed E-state index contributed by atoms with van der Waals surface area (Å²) in [5.41, 5.74) is 6.64. The number of para-hydroxylation sites is 1. The number of rotatable bonds is 6. The summed E-state index contributed by atoms with van der Waals surface area (Å²) in [7, 11) is 3.12. The van der Waals surface area contributed by atoms with Crippen LogP contribution in [0.15, 0.2) is 36.5 Å². The van der Waals surface area contributed by atoms with E-state index in [0.29, 0.717) is 22.9 Å². The van der Waals surface area contributed by atoms with Crippen LogP contribution in [0.3, 0.4) is 0 Å². The van der Waals surface area contributed by atoms with Gasteiger partial charge in [0.2, 0.25) is 5.75 Å². The first-order valence-corrected chi connectivity index (χ1v) is 6.29. The van der Waals surface area contributed by atoms with Crippen molar-refractivity contribution in [1.29, 1.82) is 5.41 Å². The normalized spacial score (nSPS) is 10.0. The summed E-state index contributed by atoms with van der Waals surface area (Å²) in [6, 6.07) is 8.96. The molecule has 21 heavy (non-hydrogen) atoms. The Morgan fingerprint density at radius 1 is 1.14 bits per heavy atom. The van der Waals surface area contributed by atoms with Crippen LogP contribution >= 0.6 is 0 Å². The van der Waals surface area contributed by atoms with Gasteiger partial charge in [-0.1, -0.05) is 12.1 Å². The first kappa shape index (κ1) is 14.6. The number of amidine groups is 1. The quantitative estimate of drug-likeness (QED) is 0.626. The Balaban J connectivity index is 2.26. The average Bonchev–Trinajstić information content (AvgIpc) is 2.52. The smallest absolute Gasteiger partial charge is 0.203 e. The van der Waals surface area contributed by atoms with Gasteiger partial charge in [0.1, 0.15) is 18.1 Å². The Bertz CT molecular complexity index is 622. The van der Waals surface area contributed by atoms with Gasteiger partial charge in [0.15, 0.2) is 11.5 Å². The molecule has 1 heterocycles. The highest BCUT2D eigenvalue weighted by atomic mass is 16.5. The molecule has 0 saturated carbocycles. The van der Waals surface area contributed by atoms with Gasteiger partial charge in [0, 0.05) is 11.8 Å². The van der Waals surface area contributed by atoms with Crippen molar-refractivity contribution in [3.8, 4) is 17.2 Å². The monoisotopic (exact) mass is 287 g/mol. The maximum absolute atomic E-state index is 7.53. The maximum Gasteiger partial charge on any atom is 0.203 e. The highest BCUT2D eigenvalue weighted by Gasteiger charge is 2.13. The van der Waals surface area contributed by atoms with E-state index in [2.05, 4.69) is 4.98 Å². The summed E-state index contributed by atoms with van der Waals surface area (Å²) in [5, 5.41) is 7.53. The predicted molar refractivity (Wildman–Crippen MR) is 79.1 cm³/mol. The highest BCUT2D eigenvalue weighted by molar-refractivity contribution is 5.94. The minimum Gasteiger partial charge on any atom is -0.493 e. The number of pyridine rings is 1. The number of nitrogens with one attached hydrogen (secondary N) is 1. The van der Waals surface area contributed by atoms with Crippen LogP contribution in [0.2, 0.25) is 0 Å². The van der Waals surface area contributed by atoms with Crippen LogP contribution in [-0.2, 0) is 6.61 Å². The lowest BCUT2D eigenvalue weighted by atomic mass is 10.2. The van der Waals surface area contributed by atoms with Crippen LogP contribution in [0.25, 0.3) is 0 Å². The molecule has 1 aromatic carbocycles. The zero-order chi connectivity index (χ0) is 15.2. The second-order valence-electron chi connectivity index (χ2n) is 4.21. The van der Waals surface area contributed by atoms with E-state index in [9.17, 15) is 0 Å². The molecule has 0 fully saturated rings. The van der Waals surface area contributed by atoms with E-state index >= 15 is 0 Å². The van der Waals surface area contributed by atoms with Crippen molar-refractivity contribution in [3.05, 3.63) is 47.8 Å². The molecule has 0 spiro atoms. The Kier molecular flexibility index (Phi) is 4.61. The average molecular weight is 287 g/mol. The number of aromatic nitrogens is 1. The van der Waals surface area contributed by atoms with E-state index in [1.54, 1.807) is 38.6 Å². The zero-order valence-electron chi connectivity index (χ0n) is 11.9. The Morgan fingerprint density at radius 3 is 2.38 bits per heavy atom. The van der Waals surface area contributed by atoms with E-state index in [1.165, 1.54) is 0 Å². The van der Waals surface area contributed by atoms with Crippen molar-refractivity contribution in [2.75, 3.05) is 14.2 Å². The maximum atomic E-state index is 7.53. The SMILES string of the molecule is COc1cccc(OC)c1OCc1cccnc1C(=N)N. The van der Waals surface area contributed by atoms with Crippen LogP contribution in [0.1, 0.15) is 11.3 Å². The molecule has 0 radical (unpaired) electrons. The van der Waals surface area contributed by atoms with Crippen molar-refractivity contribution < 1.29 is 14.2 Å². The lowest BCUT2D eigenvalue weighted by Gasteiger charge is -2.15. The second-order valence-corrected chi connectivity index (χ2v) is 4.21. The van der Waals surface area contributed by atoms with Crippen LogP contribution in [0.4, 0.5) is 0 Å². The number of nitrogens with two attached hydrogens (primary N) is 1. The molecule has 0 unspecified atom stereocenters. The van der Waals surface area contributed by atoms with Gasteiger partial charge in [0.05, 0.1) is 14.2 Å². The molecule has 1 aromatic heterocycles. The molecule has 0 aliphatic carbocycles. The molecule has 2 aromatic rings. The van der Waals surface area contributed by atoms with Crippen molar-refractivity contribution in [3.63, 3.8) is 0 Å². The lowest BCUT2D eigenvalue weighted by molar-refractivity contribution is 0.265. The van der Waals surface area contributed by atoms with Crippen LogP contribution in [-0.4, -0.2) is 25.0 Å². The molecule has 0 bridgehead atoms. The first-order chi connectivity index (χ1) is 10.2. The molecule has 6 nitrogen and oxygen atoms in total. The third-order valence-electron chi connectivity index (χ3n) is 2.90. The number of nitrogens with zero attached hydrogens (tertiary/aromatic N) is 1. The molecule has 0 atom stereocenters. The molecule has 6 heteroatoms. The Hall–Kier alpha value is -2.76. The molecule has 0 saturated heterocycles. The molecule has 0 amide bonds. The van der Waals surface area contributed by atoms with Gasteiger partial charge in [-0.3, -0.25) is 10.4 Å². The van der Waals surface area contributed by atoms with Gasteiger partial charge in [-0.25, -0.2) is 0 Å². The van der Waals surface area contributed by atoms with Crippen LogP contribution < -0.4 is 19.9 Å². The van der Waals surface area contributed by atoms with Gasteiger partial charge in [-0.2, -0.15) is 0 Å². The minimum atomic E-state index is -0.0961. The summed E-state index contributed by atoms with van der Waals surface area (Å²) in [4.78, 5) is 4.08. The molecule has 2 rings (SSSR count). The Labute approximate surface area is 123 Å². The predicted octanol–water partition coefficient (Wildman–Crippen LogP) is 1.96. The summed E-state index contributed by atoms with van der Waals surface area (Å²) >= 11 is 0. The van der Waals surface area contributed by atoms with E-state index in [1.807, 2.05) is 12.1 Å². The summed E-state index contributed by atoms with van der Waals surface area (Å²) in [6.45, 7) is 0.208. The molecule has 110 valence electrons. The number of hydrogen-bond donors (Lipinski definition) is 2. The molecule has 3 N–H and O–H groups in total. The molecule has 0 aliphatic rings. The van der Waals surface area contributed by atoms with Crippen molar-refractivity contribution >= 4 is 5.84 Å².